The number of nitrogens with zero attached hydrogens (tertiary/aromatic N) is 1. The molecule has 0 aliphatic rings. The van der Waals surface area contributed by atoms with E-state index in [2.05, 4.69) is 25.7 Å². The number of nitrogens with two attached hydrogens (primary N) is 1. The van der Waals surface area contributed by atoms with Gasteiger partial charge in [0.2, 0.25) is 0 Å². The minimum Gasteiger partial charge on any atom is -0.468 e. The Hall–Kier alpha value is -0.800. The van der Waals surface area contributed by atoms with E-state index in [-0.39, 0.29) is 0 Å². The van der Waals surface area contributed by atoms with Crippen LogP contribution in [0.1, 0.15) is 38.1 Å². The molecule has 0 aromatic carbocycles. The van der Waals surface area contributed by atoms with Crippen molar-refractivity contribution in [3.8, 4) is 0 Å². The van der Waals surface area contributed by atoms with Crippen LogP contribution in [0.3, 0.4) is 0 Å². The predicted molar refractivity (Wildman–Crippen MR) is 57.9 cm³/mol. The molecule has 80 valence electrons. The van der Waals surface area contributed by atoms with E-state index < -0.39 is 0 Å². The molecule has 1 atom stereocenters. The van der Waals surface area contributed by atoms with Gasteiger partial charge in [-0.2, -0.15) is 0 Å². The first-order valence-electron chi connectivity index (χ1n) is 5.24. The number of hydrogen-bond acceptors (Lipinski definition) is 3. The largest absolute Gasteiger partial charge is 0.468 e. The summed E-state index contributed by atoms with van der Waals surface area (Å²) in [7, 11) is 0. The van der Waals surface area contributed by atoms with Crippen molar-refractivity contribution in [2.45, 2.75) is 33.4 Å². The molecule has 0 saturated carbocycles. The Morgan fingerprint density at radius 2 is 2.07 bits per heavy atom. The van der Waals surface area contributed by atoms with Crippen LogP contribution >= 0.6 is 0 Å². The van der Waals surface area contributed by atoms with Crippen molar-refractivity contribution in [3.63, 3.8) is 0 Å². The van der Waals surface area contributed by atoms with E-state index in [0.717, 1.165) is 18.8 Å². The average Bonchev–Trinajstić information content (AvgIpc) is 2.67. The van der Waals surface area contributed by atoms with Gasteiger partial charge in [0.25, 0.3) is 0 Å². The molecule has 0 aliphatic carbocycles. The summed E-state index contributed by atoms with van der Waals surface area (Å²) >= 11 is 0. The van der Waals surface area contributed by atoms with Crippen molar-refractivity contribution in [2.24, 2.45) is 5.73 Å². The summed E-state index contributed by atoms with van der Waals surface area (Å²) in [6.45, 7) is 9.12. The SMILES string of the molecule is CCN(CC)C(C)c1coc(CN)c1. The Bertz CT molecular complexity index is 266. The number of hydrogen-bond donors (Lipinski definition) is 1. The van der Waals surface area contributed by atoms with E-state index in [1.807, 2.05) is 12.3 Å². The lowest BCUT2D eigenvalue weighted by molar-refractivity contribution is 0.233. The average molecular weight is 196 g/mol. The molecule has 1 unspecified atom stereocenters. The molecule has 1 rings (SSSR count). The summed E-state index contributed by atoms with van der Waals surface area (Å²) in [5, 5.41) is 0. The van der Waals surface area contributed by atoms with Crippen molar-refractivity contribution in [2.75, 3.05) is 13.1 Å². The van der Waals surface area contributed by atoms with E-state index in [1.165, 1.54) is 5.56 Å². The third-order valence-electron chi connectivity index (χ3n) is 2.72. The van der Waals surface area contributed by atoms with E-state index in [1.54, 1.807) is 0 Å². The van der Waals surface area contributed by atoms with Crippen LogP contribution in [-0.2, 0) is 6.54 Å². The summed E-state index contributed by atoms with van der Waals surface area (Å²) in [6, 6.07) is 2.46. The molecule has 2 N–H and O–H groups in total. The fourth-order valence-corrected chi connectivity index (χ4v) is 1.71. The van der Waals surface area contributed by atoms with Crippen LogP contribution < -0.4 is 5.73 Å². The van der Waals surface area contributed by atoms with Crippen LogP contribution in [-0.4, -0.2) is 18.0 Å². The highest BCUT2D eigenvalue weighted by Gasteiger charge is 2.14. The molecule has 1 heterocycles. The predicted octanol–water partition coefficient (Wildman–Crippen LogP) is 2.14. The van der Waals surface area contributed by atoms with Gasteiger partial charge in [0, 0.05) is 11.6 Å². The molecule has 14 heavy (non-hydrogen) atoms. The lowest BCUT2D eigenvalue weighted by Gasteiger charge is -2.25. The molecule has 1 aromatic rings. The van der Waals surface area contributed by atoms with Crippen LogP contribution in [0.4, 0.5) is 0 Å². The summed E-state index contributed by atoms with van der Waals surface area (Å²) in [6.07, 6.45) is 1.81. The molecular formula is C11H20N2O. The van der Waals surface area contributed by atoms with Gasteiger partial charge < -0.3 is 10.2 Å². The topological polar surface area (TPSA) is 42.4 Å². The van der Waals surface area contributed by atoms with E-state index >= 15 is 0 Å². The summed E-state index contributed by atoms with van der Waals surface area (Å²) in [5.74, 6) is 0.860. The second-order valence-corrected chi connectivity index (χ2v) is 3.45. The Morgan fingerprint density at radius 3 is 2.50 bits per heavy atom. The first-order chi connectivity index (χ1) is 6.72. The Morgan fingerprint density at radius 1 is 1.43 bits per heavy atom. The maximum absolute atomic E-state index is 5.50. The standard InChI is InChI=1S/C11H20N2O/c1-4-13(5-2)9(3)10-6-11(7-12)14-8-10/h6,8-9H,4-5,7,12H2,1-3H3. The minimum absolute atomic E-state index is 0.411. The lowest BCUT2D eigenvalue weighted by Crippen LogP contribution is -2.26. The molecule has 3 heteroatoms. The van der Waals surface area contributed by atoms with Crippen molar-refractivity contribution >= 4 is 0 Å². The quantitative estimate of drug-likeness (QED) is 0.784. The van der Waals surface area contributed by atoms with Crippen LogP contribution in [0.5, 0.6) is 0 Å². The van der Waals surface area contributed by atoms with Gasteiger partial charge in [-0.3, -0.25) is 4.90 Å². The maximum Gasteiger partial charge on any atom is 0.117 e. The number of furan rings is 1. The summed E-state index contributed by atoms with van der Waals surface area (Å²) in [5.41, 5.74) is 6.71. The van der Waals surface area contributed by atoms with Crippen LogP contribution in [0.2, 0.25) is 0 Å². The van der Waals surface area contributed by atoms with Gasteiger partial charge >= 0.3 is 0 Å². The van der Waals surface area contributed by atoms with Crippen LogP contribution in [0, 0.1) is 0 Å². The third-order valence-corrected chi connectivity index (χ3v) is 2.72. The van der Waals surface area contributed by atoms with Gasteiger partial charge in [-0.05, 0) is 26.1 Å². The Kier molecular flexibility index (Phi) is 4.17. The highest BCUT2D eigenvalue weighted by atomic mass is 16.3. The lowest BCUT2D eigenvalue weighted by atomic mass is 10.1. The first-order valence-corrected chi connectivity index (χ1v) is 5.24. The highest BCUT2D eigenvalue weighted by Crippen LogP contribution is 2.21. The van der Waals surface area contributed by atoms with Crippen LogP contribution in [0.15, 0.2) is 16.7 Å². The zero-order chi connectivity index (χ0) is 10.6. The molecule has 3 nitrogen and oxygen atoms in total. The second kappa shape index (κ2) is 5.17. The zero-order valence-electron chi connectivity index (χ0n) is 9.29. The van der Waals surface area contributed by atoms with Gasteiger partial charge in [0.05, 0.1) is 12.8 Å². The van der Waals surface area contributed by atoms with Crippen molar-refractivity contribution < 1.29 is 4.42 Å². The Labute approximate surface area is 85.9 Å². The van der Waals surface area contributed by atoms with E-state index in [9.17, 15) is 0 Å². The van der Waals surface area contributed by atoms with Crippen molar-refractivity contribution in [3.05, 3.63) is 23.7 Å². The van der Waals surface area contributed by atoms with Gasteiger partial charge in [-0.1, -0.05) is 13.8 Å². The van der Waals surface area contributed by atoms with Crippen molar-refractivity contribution in [1.29, 1.82) is 0 Å². The summed E-state index contributed by atoms with van der Waals surface area (Å²) < 4.78 is 5.32. The molecular weight excluding hydrogens is 176 g/mol. The molecule has 0 radical (unpaired) electrons. The highest BCUT2D eigenvalue weighted by molar-refractivity contribution is 5.16. The van der Waals surface area contributed by atoms with Crippen molar-refractivity contribution in [1.82, 2.24) is 4.90 Å². The zero-order valence-corrected chi connectivity index (χ0v) is 9.29. The summed E-state index contributed by atoms with van der Waals surface area (Å²) in [4.78, 5) is 2.38. The van der Waals surface area contributed by atoms with Gasteiger partial charge in [-0.25, -0.2) is 0 Å². The second-order valence-electron chi connectivity index (χ2n) is 3.45. The normalized spacial score (nSPS) is 13.5. The fourth-order valence-electron chi connectivity index (χ4n) is 1.71. The Balaban J connectivity index is 2.72. The van der Waals surface area contributed by atoms with E-state index in [4.69, 9.17) is 10.2 Å². The van der Waals surface area contributed by atoms with Gasteiger partial charge in [-0.15, -0.1) is 0 Å². The third kappa shape index (κ3) is 2.36. The molecule has 0 spiro atoms. The molecule has 1 aromatic heterocycles. The maximum atomic E-state index is 5.50. The molecule has 0 saturated heterocycles. The van der Waals surface area contributed by atoms with Crippen LogP contribution in [0.25, 0.3) is 0 Å². The van der Waals surface area contributed by atoms with Gasteiger partial charge in [0.15, 0.2) is 0 Å². The molecule has 0 amide bonds. The minimum atomic E-state index is 0.411. The molecule has 0 fully saturated rings. The number of rotatable bonds is 5. The smallest absolute Gasteiger partial charge is 0.117 e. The fraction of sp³-hybridized carbons (Fsp3) is 0.636. The monoisotopic (exact) mass is 196 g/mol. The van der Waals surface area contributed by atoms with E-state index in [0.29, 0.717) is 12.6 Å². The molecule has 0 bridgehead atoms. The van der Waals surface area contributed by atoms with Gasteiger partial charge in [0.1, 0.15) is 5.76 Å². The molecule has 0 aliphatic heterocycles. The first kappa shape index (κ1) is 11.3.